The number of piperidine rings is 1. The van der Waals surface area contributed by atoms with Gasteiger partial charge in [-0.3, -0.25) is 9.59 Å². The molecule has 1 aromatic carbocycles. The van der Waals surface area contributed by atoms with Crippen LogP contribution in [-0.4, -0.2) is 43.0 Å². The third-order valence-electron chi connectivity index (χ3n) is 6.13. The van der Waals surface area contributed by atoms with Crippen LogP contribution in [0.15, 0.2) is 35.4 Å². The van der Waals surface area contributed by atoms with Crippen LogP contribution in [0.25, 0.3) is 0 Å². The molecule has 1 unspecified atom stereocenters. The highest BCUT2D eigenvalue weighted by Gasteiger charge is 2.41. The Labute approximate surface area is 161 Å². The molecule has 2 aliphatic heterocycles. The highest BCUT2D eigenvalue weighted by Crippen LogP contribution is 2.40. The molecule has 0 spiro atoms. The molecule has 1 aromatic rings. The lowest BCUT2D eigenvalue weighted by Crippen LogP contribution is -2.42. The van der Waals surface area contributed by atoms with Crippen LogP contribution in [0.5, 0.6) is 5.75 Å². The minimum atomic E-state index is -0.129. The molecule has 27 heavy (non-hydrogen) atoms. The van der Waals surface area contributed by atoms with Gasteiger partial charge in [0.25, 0.3) is 5.91 Å². The van der Waals surface area contributed by atoms with Crippen LogP contribution in [-0.2, 0) is 9.59 Å². The molecule has 3 aliphatic rings. The van der Waals surface area contributed by atoms with Gasteiger partial charge in [0.05, 0.1) is 19.6 Å². The minimum Gasteiger partial charge on any atom is -0.497 e. The van der Waals surface area contributed by atoms with Gasteiger partial charge >= 0.3 is 0 Å². The number of hydrogen-bond acceptors (Lipinski definition) is 3. The first-order valence-electron chi connectivity index (χ1n) is 10.2. The van der Waals surface area contributed by atoms with E-state index >= 15 is 0 Å². The van der Waals surface area contributed by atoms with E-state index in [0.29, 0.717) is 6.42 Å². The molecular weight excluding hydrogens is 340 g/mol. The van der Waals surface area contributed by atoms with Crippen molar-refractivity contribution in [3.05, 3.63) is 35.4 Å². The van der Waals surface area contributed by atoms with Gasteiger partial charge < -0.3 is 14.5 Å². The fourth-order valence-electron chi connectivity index (χ4n) is 4.68. The number of amides is 2. The van der Waals surface area contributed by atoms with Crippen LogP contribution >= 0.6 is 0 Å². The van der Waals surface area contributed by atoms with Gasteiger partial charge in [-0.1, -0.05) is 0 Å². The van der Waals surface area contributed by atoms with Crippen LogP contribution in [0.4, 0.5) is 5.69 Å². The molecule has 0 bridgehead atoms. The van der Waals surface area contributed by atoms with Crippen molar-refractivity contribution >= 4 is 17.5 Å². The number of methoxy groups -OCH3 is 1. The highest BCUT2D eigenvalue weighted by atomic mass is 16.5. The Kier molecular flexibility index (Phi) is 5.19. The van der Waals surface area contributed by atoms with Gasteiger partial charge in [0.15, 0.2) is 0 Å². The van der Waals surface area contributed by atoms with Crippen LogP contribution < -0.4 is 9.64 Å². The summed E-state index contributed by atoms with van der Waals surface area (Å²) in [5.41, 5.74) is 3.01. The number of nitrogens with zero attached hydrogens (tertiary/aromatic N) is 2. The monoisotopic (exact) mass is 368 g/mol. The molecule has 144 valence electrons. The number of anilines is 1. The van der Waals surface area contributed by atoms with Crippen molar-refractivity contribution < 1.29 is 14.3 Å². The SMILES string of the molecule is COc1ccc(N2C(=O)C3=C(CCCC3)C2CC(=O)N2CCCCC2)cc1. The van der Waals surface area contributed by atoms with Crippen molar-refractivity contribution in [2.45, 2.75) is 57.4 Å². The van der Waals surface area contributed by atoms with Crippen molar-refractivity contribution in [3.63, 3.8) is 0 Å². The van der Waals surface area contributed by atoms with Gasteiger partial charge in [-0.05, 0) is 74.8 Å². The van der Waals surface area contributed by atoms with E-state index < -0.39 is 0 Å². The Balaban J connectivity index is 1.61. The van der Waals surface area contributed by atoms with Gasteiger partial charge in [-0.25, -0.2) is 0 Å². The highest BCUT2D eigenvalue weighted by molar-refractivity contribution is 6.10. The van der Waals surface area contributed by atoms with Crippen molar-refractivity contribution in [1.29, 1.82) is 0 Å². The first-order valence-corrected chi connectivity index (χ1v) is 10.2. The maximum atomic E-state index is 13.2. The normalized spacial score (nSPS) is 22.9. The molecule has 2 amide bonds. The fraction of sp³-hybridized carbons (Fsp3) is 0.545. The van der Waals surface area contributed by atoms with E-state index in [1.807, 2.05) is 34.1 Å². The molecule has 0 radical (unpaired) electrons. The maximum absolute atomic E-state index is 13.2. The Morgan fingerprint density at radius 3 is 2.44 bits per heavy atom. The van der Waals surface area contributed by atoms with E-state index in [2.05, 4.69) is 0 Å². The second-order valence-electron chi connectivity index (χ2n) is 7.75. The van der Waals surface area contributed by atoms with Crippen molar-refractivity contribution in [3.8, 4) is 5.75 Å². The average molecular weight is 368 g/mol. The zero-order valence-electron chi connectivity index (χ0n) is 16.1. The number of hydrogen-bond donors (Lipinski definition) is 0. The molecule has 4 rings (SSSR count). The fourth-order valence-corrected chi connectivity index (χ4v) is 4.68. The number of carbonyl (C=O) groups is 2. The minimum absolute atomic E-state index is 0.0892. The lowest BCUT2D eigenvalue weighted by atomic mass is 9.89. The summed E-state index contributed by atoms with van der Waals surface area (Å²) in [4.78, 5) is 30.0. The molecule has 5 nitrogen and oxygen atoms in total. The number of benzene rings is 1. The van der Waals surface area contributed by atoms with E-state index in [-0.39, 0.29) is 17.9 Å². The Hall–Kier alpha value is -2.30. The molecule has 1 aliphatic carbocycles. The first-order chi connectivity index (χ1) is 13.2. The lowest BCUT2D eigenvalue weighted by molar-refractivity contribution is -0.132. The van der Waals surface area contributed by atoms with Crippen molar-refractivity contribution in [2.75, 3.05) is 25.1 Å². The van der Waals surface area contributed by atoms with E-state index in [4.69, 9.17) is 4.74 Å². The topological polar surface area (TPSA) is 49.9 Å². The van der Waals surface area contributed by atoms with Gasteiger partial charge in [-0.15, -0.1) is 0 Å². The molecule has 0 N–H and O–H groups in total. The first kappa shape index (κ1) is 18.1. The van der Waals surface area contributed by atoms with Gasteiger partial charge in [0.2, 0.25) is 5.91 Å². The second kappa shape index (κ2) is 7.75. The van der Waals surface area contributed by atoms with Gasteiger partial charge in [-0.2, -0.15) is 0 Å². The third kappa shape index (κ3) is 3.47. The van der Waals surface area contributed by atoms with Crippen LogP contribution in [0.2, 0.25) is 0 Å². The number of carbonyl (C=O) groups excluding carboxylic acids is 2. The lowest BCUT2D eigenvalue weighted by Gasteiger charge is -2.31. The Morgan fingerprint density at radius 1 is 1.04 bits per heavy atom. The number of rotatable bonds is 4. The summed E-state index contributed by atoms with van der Waals surface area (Å²) in [5.74, 6) is 1.04. The van der Waals surface area contributed by atoms with E-state index in [1.165, 1.54) is 12.0 Å². The number of likely N-dealkylation sites (tertiary alicyclic amines) is 1. The summed E-state index contributed by atoms with van der Waals surface area (Å²) in [6.45, 7) is 1.71. The molecule has 0 saturated carbocycles. The summed E-state index contributed by atoms with van der Waals surface area (Å²) in [6.07, 6.45) is 7.73. The van der Waals surface area contributed by atoms with E-state index in [0.717, 1.165) is 68.6 Å². The molecule has 5 heteroatoms. The summed E-state index contributed by atoms with van der Waals surface area (Å²) < 4.78 is 5.25. The van der Waals surface area contributed by atoms with E-state index in [1.54, 1.807) is 7.11 Å². The molecule has 1 saturated heterocycles. The van der Waals surface area contributed by atoms with Crippen molar-refractivity contribution in [2.24, 2.45) is 0 Å². The predicted molar refractivity (Wildman–Crippen MR) is 105 cm³/mol. The third-order valence-corrected chi connectivity index (χ3v) is 6.13. The zero-order chi connectivity index (χ0) is 18.8. The molecular formula is C22H28N2O3. The second-order valence-corrected chi connectivity index (χ2v) is 7.75. The summed E-state index contributed by atoms with van der Waals surface area (Å²) in [7, 11) is 1.64. The zero-order valence-corrected chi connectivity index (χ0v) is 16.1. The van der Waals surface area contributed by atoms with Crippen LogP contribution in [0.3, 0.4) is 0 Å². The van der Waals surface area contributed by atoms with Crippen molar-refractivity contribution in [1.82, 2.24) is 4.90 Å². The summed E-state index contributed by atoms with van der Waals surface area (Å²) in [5, 5.41) is 0. The van der Waals surface area contributed by atoms with Gasteiger partial charge in [0.1, 0.15) is 5.75 Å². The van der Waals surface area contributed by atoms with Crippen LogP contribution in [0, 0.1) is 0 Å². The Bertz CT molecular complexity index is 747. The smallest absolute Gasteiger partial charge is 0.254 e. The molecule has 0 aromatic heterocycles. The average Bonchev–Trinajstić information content (AvgIpc) is 3.01. The Morgan fingerprint density at radius 2 is 1.74 bits per heavy atom. The van der Waals surface area contributed by atoms with Crippen LogP contribution in [0.1, 0.15) is 51.4 Å². The standard InChI is InChI=1S/C22H28N2O3/c1-27-17-11-9-16(10-12-17)24-20(15-21(25)23-13-5-2-6-14-23)18-7-3-4-8-19(18)22(24)26/h9-12,20H,2-8,13-15H2,1H3. The molecule has 1 atom stereocenters. The summed E-state index contributed by atoms with van der Waals surface area (Å²) in [6, 6.07) is 7.48. The maximum Gasteiger partial charge on any atom is 0.254 e. The molecule has 2 heterocycles. The number of ether oxygens (including phenoxy) is 1. The predicted octanol–water partition coefficient (Wildman–Crippen LogP) is 3.68. The summed E-state index contributed by atoms with van der Waals surface area (Å²) >= 11 is 0. The van der Waals surface area contributed by atoms with Gasteiger partial charge in [0, 0.05) is 24.4 Å². The van der Waals surface area contributed by atoms with E-state index in [9.17, 15) is 9.59 Å². The molecule has 1 fully saturated rings. The quantitative estimate of drug-likeness (QED) is 0.814. The largest absolute Gasteiger partial charge is 0.497 e.